The van der Waals surface area contributed by atoms with Gasteiger partial charge in [0.15, 0.2) is 0 Å². The van der Waals surface area contributed by atoms with Crippen LogP contribution in [0.3, 0.4) is 0 Å². The fourth-order valence-electron chi connectivity index (χ4n) is 1.55. The molecule has 1 aromatic carbocycles. The van der Waals surface area contributed by atoms with Crippen LogP contribution in [0.25, 0.3) is 11.1 Å². The molecule has 0 bridgehead atoms. The second-order valence-corrected chi connectivity index (χ2v) is 3.81. The van der Waals surface area contributed by atoms with Crippen molar-refractivity contribution in [3.63, 3.8) is 0 Å². The molecule has 0 aliphatic heterocycles. The van der Waals surface area contributed by atoms with Crippen LogP contribution in [0.15, 0.2) is 36.7 Å². The molecule has 102 valence electrons. The fraction of sp³-hybridized carbons (Fsp3) is 0.357. The highest BCUT2D eigenvalue weighted by atomic mass is 127. The Hall–Kier alpha value is -0.880. The van der Waals surface area contributed by atoms with Crippen LogP contribution in [-0.4, -0.2) is 9.78 Å². The largest absolute Gasteiger partial charge is 0.324 e. The van der Waals surface area contributed by atoms with E-state index in [-0.39, 0.29) is 31.4 Å². The van der Waals surface area contributed by atoms with Gasteiger partial charge in [0.2, 0.25) is 0 Å². The average molecular weight is 361 g/mol. The molecule has 0 spiro atoms. The summed E-state index contributed by atoms with van der Waals surface area (Å²) < 4.78 is 1.80. The van der Waals surface area contributed by atoms with Gasteiger partial charge in [0.1, 0.15) is 0 Å². The first-order chi connectivity index (χ1) is 8.16. The zero-order valence-electron chi connectivity index (χ0n) is 11.4. The number of aryl methyl sites for hydroxylation is 1. The van der Waals surface area contributed by atoms with Crippen LogP contribution < -0.4 is 5.73 Å². The molecule has 0 aliphatic carbocycles. The van der Waals surface area contributed by atoms with Crippen molar-refractivity contribution in [2.75, 3.05) is 0 Å². The van der Waals surface area contributed by atoms with Gasteiger partial charge < -0.3 is 5.73 Å². The van der Waals surface area contributed by atoms with E-state index >= 15 is 0 Å². The van der Waals surface area contributed by atoms with E-state index in [9.17, 15) is 0 Å². The van der Waals surface area contributed by atoms with Crippen molar-refractivity contribution in [2.45, 2.75) is 26.8 Å². The Morgan fingerprint density at radius 3 is 2.11 bits per heavy atom. The Morgan fingerprint density at radius 1 is 1.17 bits per heavy atom. The topological polar surface area (TPSA) is 43.8 Å². The molecule has 18 heavy (non-hydrogen) atoms. The maximum absolute atomic E-state index is 5.79. The van der Waals surface area contributed by atoms with Crippen LogP contribution in [-0.2, 0) is 7.05 Å². The van der Waals surface area contributed by atoms with E-state index in [4.69, 9.17) is 5.73 Å². The van der Waals surface area contributed by atoms with E-state index in [2.05, 4.69) is 29.4 Å². The molecular formula is C14H24IN3. The van der Waals surface area contributed by atoms with E-state index in [0.717, 1.165) is 11.1 Å². The second-order valence-electron chi connectivity index (χ2n) is 3.81. The van der Waals surface area contributed by atoms with E-state index < -0.39 is 0 Å². The van der Waals surface area contributed by atoms with E-state index in [1.165, 1.54) is 5.56 Å². The molecule has 0 saturated carbocycles. The Labute approximate surface area is 128 Å². The minimum atomic E-state index is 0. The lowest BCUT2D eigenvalue weighted by molar-refractivity contribution is 0.768. The van der Waals surface area contributed by atoms with Gasteiger partial charge in [-0.1, -0.05) is 38.1 Å². The van der Waals surface area contributed by atoms with Crippen LogP contribution in [0, 0.1) is 0 Å². The summed E-state index contributed by atoms with van der Waals surface area (Å²) in [6.45, 7) is 5.99. The third-order valence-electron chi connectivity index (χ3n) is 2.47. The highest BCUT2D eigenvalue weighted by Crippen LogP contribution is 2.20. The Balaban J connectivity index is 0. The summed E-state index contributed by atoms with van der Waals surface area (Å²) >= 11 is 0. The summed E-state index contributed by atoms with van der Waals surface area (Å²) in [7, 11) is 1.92. The standard InChI is InChI=1S/C12H15N3.C2H6.HI.H2/c1-9(13)10-3-5-11(6-4-10)12-7-14-15(2)8-12;1-2;;/h3-9H,13H2,1-2H3;1-2H3;2*1H. The van der Waals surface area contributed by atoms with Gasteiger partial charge in [-0.2, -0.15) is 5.10 Å². The van der Waals surface area contributed by atoms with E-state index in [1.807, 2.05) is 40.2 Å². The predicted molar refractivity (Wildman–Crippen MR) is 90.1 cm³/mol. The molecule has 0 radical (unpaired) electrons. The molecule has 3 nitrogen and oxygen atoms in total. The van der Waals surface area contributed by atoms with Gasteiger partial charge in [-0.25, -0.2) is 0 Å². The lowest BCUT2D eigenvalue weighted by Crippen LogP contribution is -2.04. The number of hydrogen-bond donors (Lipinski definition) is 1. The molecule has 1 heterocycles. The first kappa shape index (κ1) is 17.1. The highest BCUT2D eigenvalue weighted by Gasteiger charge is 2.02. The van der Waals surface area contributed by atoms with Gasteiger partial charge in [0.25, 0.3) is 0 Å². The second kappa shape index (κ2) is 8.26. The minimum absolute atomic E-state index is 0. The monoisotopic (exact) mass is 361 g/mol. The third kappa shape index (κ3) is 4.42. The van der Waals surface area contributed by atoms with Crippen LogP contribution in [0.5, 0.6) is 0 Å². The molecule has 2 rings (SSSR count). The average Bonchev–Trinajstić information content (AvgIpc) is 2.79. The van der Waals surface area contributed by atoms with Gasteiger partial charge >= 0.3 is 0 Å². The Morgan fingerprint density at radius 2 is 1.72 bits per heavy atom. The summed E-state index contributed by atoms with van der Waals surface area (Å²) in [6.07, 6.45) is 3.86. The normalized spacial score (nSPS) is 10.9. The van der Waals surface area contributed by atoms with Crippen molar-refractivity contribution in [3.8, 4) is 11.1 Å². The number of nitrogens with zero attached hydrogens (tertiary/aromatic N) is 2. The first-order valence-corrected chi connectivity index (χ1v) is 6.01. The lowest BCUT2D eigenvalue weighted by atomic mass is 10.0. The SMILES string of the molecule is CC.CC(N)c1ccc(-c2cnn(C)c2)cc1.I.[HH]. The van der Waals surface area contributed by atoms with Crippen molar-refractivity contribution < 1.29 is 1.43 Å². The smallest absolute Gasteiger partial charge is 0.0568 e. The van der Waals surface area contributed by atoms with E-state index in [1.54, 1.807) is 4.68 Å². The number of nitrogens with two attached hydrogens (primary N) is 1. The maximum atomic E-state index is 5.79. The van der Waals surface area contributed by atoms with Crippen molar-refractivity contribution in [1.82, 2.24) is 9.78 Å². The van der Waals surface area contributed by atoms with Gasteiger partial charge in [-0.15, -0.1) is 24.0 Å². The van der Waals surface area contributed by atoms with Gasteiger partial charge in [-0.05, 0) is 18.1 Å². The molecule has 2 aromatic rings. The molecule has 0 aliphatic rings. The number of halogens is 1. The summed E-state index contributed by atoms with van der Waals surface area (Å²) in [4.78, 5) is 0. The molecule has 0 fully saturated rings. The zero-order valence-corrected chi connectivity index (χ0v) is 13.8. The highest BCUT2D eigenvalue weighted by molar-refractivity contribution is 14.0. The minimum Gasteiger partial charge on any atom is -0.324 e. The van der Waals surface area contributed by atoms with E-state index in [0.29, 0.717) is 0 Å². The quantitative estimate of drug-likeness (QED) is 0.822. The number of hydrogen-bond acceptors (Lipinski definition) is 2. The lowest BCUT2D eigenvalue weighted by Gasteiger charge is -2.05. The summed E-state index contributed by atoms with van der Waals surface area (Å²) in [5.41, 5.74) is 9.25. The van der Waals surface area contributed by atoms with Crippen molar-refractivity contribution >= 4 is 24.0 Å². The summed E-state index contributed by atoms with van der Waals surface area (Å²) in [6, 6.07) is 8.37. The van der Waals surface area contributed by atoms with Crippen molar-refractivity contribution in [2.24, 2.45) is 12.8 Å². The molecule has 0 saturated heterocycles. The molecular weight excluding hydrogens is 337 g/mol. The molecule has 4 heteroatoms. The molecule has 2 N–H and O–H groups in total. The van der Waals surface area contributed by atoms with Crippen LogP contribution in [0.4, 0.5) is 0 Å². The van der Waals surface area contributed by atoms with Gasteiger partial charge in [0, 0.05) is 26.3 Å². The third-order valence-corrected chi connectivity index (χ3v) is 2.47. The zero-order chi connectivity index (χ0) is 12.8. The van der Waals surface area contributed by atoms with Crippen LogP contribution >= 0.6 is 24.0 Å². The van der Waals surface area contributed by atoms with Crippen LogP contribution in [0.2, 0.25) is 0 Å². The van der Waals surface area contributed by atoms with Crippen molar-refractivity contribution in [1.29, 1.82) is 0 Å². The first-order valence-electron chi connectivity index (χ1n) is 6.01. The number of rotatable bonds is 2. The molecule has 0 amide bonds. The molecule has 1 aromatic heterocycles. The maximum Gasteiger partial charge on any atom is 0.0568 e. The number of benzene rings is 1. The summed E-state index contributed by atoms with van der Waals surface area (Å²) in [5.74, 6) is 0. The van der Waals surface area contributed by atoms with Gasteiger partial charge in [-0.3, -0.25) is 4.68 Å². The van der Waals surface area contributed by atoms with Crippen LogP contribution in [0.1, 0.15) is 33.8 Å². The fourth-order valence-corrected chi connectivity index (χ4v) is 1.55. The Bertz CT molecular complexity index is 452. The van der Waals surface area contributed by atoms with Gasteiger partial charge in [0.05, 0.1) is 6.20 Å². The van der Waals surface area contributed by atoms with Crippen molar-refractivity contribution in [3.05, 3.63) is 42.2 Å². The number of aromatic nitrogens is 2. The summed E-state index contributed by atoms with van der Waals surface area (Å²) in [5, 5.41) is 4.14. The Kier molecular flexibility index (Phi) is 7.86. The predicted octanol–water partition coefficient (Wildman–Crippen LogP) is 4.00. The molecule has 1 unspecified atom stereocenters. The molecule has 1 atom stereocenters.